The molecule has 0 amide bonds. The van der Waals surface area contributed by atoms with Crippen molar-refractivity contribution in [2.75, 3.05) is 0 Å². The minimum Gasteiger partial charge on any atom is -0.389 e. The molecule has 0 aliphatic heterocycles. The van der Waals surface area contributed by atoms with E-state index >= 15 is 0 Å². The van der Waals surface area contributed by atoms with E-state index in [-0.39, 0.29) is 0 Å². The Labute approximate surface area is 83.2 Å². The van der Waals surface area contributed by atoms with Gasteiger partial charge in [0, 0.05) is 17.8 Å². The first-order valence-corrected chi connectivity index (χ1v) is 4.71. The first-order chi connectivity index (χ1) is 6.70. The Kier molecular flexibility index (Phi) is 2.22. The maximum absolute atomic E-state index is 9.63. The summed E-state index contributed by atoms with van der Waals surface area (Å²) in [4.78, 5) is 4.13. The highest BCUT2D eigenvalue weighted by Gasteiger charge is 2.07. The molecule has 2 rings (SSSR count). The van der Waals surface area contributed by atoms with E-state index in [4.69, 9.17) is 0 Å². The van der Waals surface area contributed by atoms with Crippen LogP contribution in [-0.2, 0) is 0 Å². The summed E-state index contributed by atoms with van der Waals surface area (Å²) in [5, 5.41) is 11.8. The fraction of sp³-hybridized carbons (Fsp3) is 0.250. The molecule has 0 saturated heterocycles. The van der Waals surface area contributed by atoms with Gasteiger partial charge in [0.25, 0.3) is 0 Å². The Morgan fingerprint density at radius 1 is 1.29 bits per heavy atom. The average molecular weight is 187 g/mol. The summed E-state index contributed by atoms with van der Waals surface area (Å²) in [6.07, 6.45) is 3.22. The van der Waals surface area contributed by atoms with Gasteiger partial charge in [-0.05, 0) is 30.4 Å². The van der Waals surface area contributed by atoms with Crippen LogP contribution in [0.25, 0.3) is 10.8 Å². The predicted octanol–water partition coefficient (Wildman–Crippen LogP) is 2.60. The van der Waals surface area contributed by atoms with Gasteiger partial charge in [-0.2, -0.15) is 0 Å². The van der Waals surface area contributed by atoms with Gasteiger partial charge >= 0.3 is 0 Å². The lowest BCUT2D eigenvalue weighted by Gasteiger charge is -2.10. The van der Waals surface area contributed by atoms with E-state index in [0.717, 1.165) is 21.9 Å². The van der Waals surface area contributed by atoms with Crippen molar-refractivity contribution < 1.29 is 5.11 Å². The van der Waals surface area contributed by atoms with Crippen molar-refractivity contribution in [2.24, 2.45) is 0 Å². The number of aromatic nitrogens is 1. The fourth-order valence-corrected chi connectivity index (χ4v) is 1.79. The second-order valence-corrected chi connectivity index (χ2v) is 3.58. The zero-order chi connectivity index (χ0) is 10.1. The Hall–Kier alpha value is -1.41. The lowest BCUT2D eigenvalue weighted by Crippen LogP contribution is -1.94. The number of rotatable bonds is 1. The molecule has 2 aromatic rings. The van der Waals surface area contributed by atoms with Gasteiger partial charge in [0.2, 0.25) is 0 Å². The van der Waals surface area contributed by atoms with Gasteiger partial charge in [0.15, 0.2) is 0 Å². The molecule has 0 bridgehead atoms. The van der Waals surface area contributed by atoms with Crippen LogP contribution in [0.1, 0.15) is 24.2 Å². The van der Waals surface area contributed by atoms with E-state index in [9.17, 15) is 5.11 Å². The molecule has 14 heavy (non-hydrogen) atoms. The normalized spacial score (nSPS) is 13.1. The van der Waals surface area contributed by atoms with Crippen LogP contribution in [0.3, 0.4) is 0 Å². The summed E-state index contributed by atoms with van der Waals surface area (Å²) in [5.74, 6) is 0. The van der Waals surface area contributed by atoms with Gasteiger partial charge < -0.3 is 5.11 Å². The third kappa shape index (κ3) is 1.38. The molecular formula is C12H13NO. The van der Waals surface area contributed by atoms with Crippen molar-refractivity contribution in [1.82, 2.24) is 4.98 Å². The number of benzene rings is 1. The molecule has 1 aromatic carbocycles. The van der Waals surface area contributed by atoms with E-state index in [2.05, 4.69) is 4.98 Å². The zero-order valence-electron chi connectivity index (χ0n) is 8.36. The smallest absolute Gasteiger partial charge is 0.0768 e. The molecule has 0 radical (unpaired) electrons. The third-order valence-electron chi connectivity index (χ3n) is 2.46. The summed E-state index contributed by atoms with van der Waals surface area (Å²) in [7, 11) is 0. The van der Waals surface area contributed by atoms with E-state index in [1.54, 1.807) is 6.92 Å². The first kappa shape index (κ1) is 9.16. The highest BCUT2D eigenvalue weighted by molar-refractivity contribution is 5.88. The summed E-state index contributed by atoms with van der Waals surface area (Å²) in [6.45, 7) is 3.80. The molecule has 0 aliphatic rings. The highest BCUT2D eigenvalue weighted by Crippen LogP contribution is 2.25. The molecule has 0 fully saturated rings. The van der Waals surface area contributed by atoms with Crippen LogP contribution in [0.4, 0.5) is 0 Å². The summed E-state index contributed by atoms with van der Waals surface area (Å²) < 4.78 is 0. The predicted molar refractivity (Wildman–Crippen MR) is 57.1 cm³/mol. The maximum Gasteiger partial charge on any atom is 0.0768 e. The van der Waals surface area contributed by atoms with Crippen LogP contribution >= 0.6 is 0 Å². The van der Waals surface area contributed by atoms with Gasteiger partial charge in [-0.25, -0.2) is 0 Å². The van der Waals surface area contributed by atoms with Crippen molar-refractivity contribution in [1.29, 1.82) is 0 Å². The second-order valence-electron chi connectivity index (χ2n) is 3.58. The quantitative estimate of drug-likeness (QED) is 0.744. The Morgan fingerprint density at radius 2 is 2.07 bits per heavy atom. The highest BCUT2D eigenvalue weighted by atomic mass is 16.3. The number of nitrogens with zero attached hydrogens (tertiary/aromatic N) is 1. The molecule has 1 heterocycles. The number of aliphatic hydroxyl groups is 1. The molecule has 0 aliphatic carbocycles. The molecule has 1 unspecified atom stereocenters. The molecule has 2 nitrogen and oxygen atoms in total. The topological polar surface area (TPSA) is 33.1 Å². The standard InChI is InChI=1S/C12H13NO/c1-8-6-13-7-10-4-3-5-11(9(2)14)12(8)10/h3-7,9,14H,1-2H3. The largest absolute Gasteiger partial charge is 0.389 e. The first-order valence-electron chi connectivity index (χ1n) is 4.71. The molecule has 72 valence electrons. The number of aryl methyl sites for hydroxylation is 1. The van der Waals surface area contributed by atoms with Crippen LogP contribution in [0.15, 0.2) is 30.6 Å². The lowest BCUT2D eigenvalue weighted by atomic mass is 9.99. The number of hydrogen-bond donors (Lipinski definition) is 1. The van der Waals surface area contributed by atoms with Gasteiger partial charge in [-0.3, -0.25) is 4.98 Å². The van der Waals surface area contributed by atoms with Crippen LogP contribution < -0.4 is 0 Å². The third-order valence-corrected chi connectivity index (χ3v) is 2.46. The molecule has 1 atom stereocenters. The number of pyridine rings is 1. The number of hydrogen-bond acceptors (Lipinski definition) is 2. The Bertz CT molecular complexity index is 458. The molecule has 0 saturated carbocycles. The van der Waals surface area contributed by atoms with Gasteiger partial charge in [-0.1, -0.05) is 18.2 Å². The average Bonchev–Trinajstić information content (AvgIpc) is 2.17. The number of fused-ring (bicyclic) bond motifs is 1. The van der Waals surface area contributed by atoms with Gasteiger partial charge in [0.05, 0.1) is 6.10 Å². The summed E-state index contributed by atoms with van der Waals surface area (Å²) in [5.41, 5.74) is 2.08. The Morgan fingerprint density at radius 3 is 2.79 bits per heavy atom. The Balaban J connectivity index is 2.84. The van der Waals surface area contributed by atoms with E-state index in [1.807, 2.05) is 37.5 Å². The minimum atomic E-state index is -0.431. The summed E-state index contributed by atoms with van der Waals surface area (Å²) in [6, 6.07) is 5.92. The second kappa shape index (κ2) is 3.39. The van der Waals surface area contributed by atoms with Crippen LogP contribution in [0.2, 0.25) is 0 Å². The van der Waals surface area contributed by atoms with E-state index in [1.165, 1.54) is 0 Å². The van der Waals surface area contributed by atoms with E-state index in [0.29, 0.717) is 0 Å². The van der Waals surface area contributed by atoms with Crippen molar-refractivity contribution in [3.8, 4) is 0 Å². The van der Waals surface area contributed by atoms with Gasteiger partial charge in [0.1, 0.15) is 0 Å². The van der Waals surface area contributed by atoms with Gasteiger partial charge in [-0.15, -0.1) is 0 Å². The molecular weight excluding hydrogens is 174 g/mol. The zero-order valence-corrected chi connectivity index (χ0v) is 8.36. The molecule has 0 spiro atoms. The fourth-order valence-electron chi connectivity index (χ4n) is 1.79. The van der Waals surface area contributed by atoms with Crippen molar-refractivity contribution in [2.45, 2.75) is 20.0 Å². The van der Waals surface area contributed by atoms with Crippen LogP contribution in [0.5, 0.6) is 0 Å². The molecule has 1 N–H and O–H groups in total. The van der Waals surface area contributed by atoms with Crippen molar-refractivity contribution >= 4 is 10.8 Å². The van der Waals surface area contributed by atoms with Crippen molar-refractivity contribution in [3.63, 3.8) is 0 Å². The number of aliphatic hydroxyl groups excluding tert-OH is 1. The molecule has 2 heteroatoms. The van der Waals surface area contributed by atoms with Crippen molar-refractivity contribution in [3.05, 3.63) is 41.7 Å². The lowest BCUT2D eigenvalue weighted by molar-refractivity contribution is 0.201. The monoisotopic (exact) mass is 187 g/mol. The minimum absolute atomic E-state index is 0.431. The molecule has 1 aromatic heterocycles. The summed E-state index contributed by atoms with van der Waals surface area (Å²) >= 11 is 0. The van der Waals surface area contributed by atoms with E-state index < -0.39 is 6.10 Å². The van der Waals surface area contributed by atoms with Crippen LogP contribution in [-0.4, -0.2) is 10.1 Å². The van der Waals surface area contributed by atoms with Crippen LogP contribution in [0, 0.1) is 6.92 Å². The SMILES string of the molecule is Cc1cncc2cccc(C(C)O)c12. The maximum atomic E-state index is 9.63.